The van der Waals surface area contributed by atoms with E-state index in [2.05, 4.69) is 48.5 Å². The molecule has 7 atom stereocenters. The minimum Gasteiger partial charge on any atom is -0.0625 e. The average molecular weight is 250 g/mol. The molecule has 7 unspecified atom stereocenters. The van der Waals surface area contributed by atoms with Gasteiger partial charge in [-0.15, -0.1) is 0 Å². The van der Waals surface area contributed by atoms with Crippen LogP contribution in [-0.2, 0) is 0 Å². The van der Waals surface area contributed by atoms with Gasteiger partial charge in [-0.3, -0.25) is 0 Å². The third-order valence-corrected chi connectivity index (χ3v) is 7.23. The van der Waals surface area contributed by atoms with Crippen LogP contribution in [0.2, 0.25) is 0 Å². The van der Waals surface area contributed by atoms with E-state index in [0.29, 0.717) is 5.41 Å². The van der Waals surface area contributed by atoms with Gasteiger partial charge in [0, 0.05) is 0 Å². The van der Waals surface area contributed by atoms with Crippen molar-refractivity contribution in [3.05, 3.63) is 0 Å². The van der Waals surface area contributed by atoms with Crippen LogP contribution in [0.5, 0.6) is 0 Å². The fourth-order valence-electron chi connectivity index (χ4n) is 5.53. The number of fused-ring (bicyclic) bond motifs is 2. The normalized spacial score (nSPS) is 47.3. The summed E-state index contributed by atoms with van der Waals surface area (Å²) in [6, 6.07) is 0. The average Bonchev–Trinajstić information content (AvgIpc) is 2.61. The summed E-state index contributed by atoms with van der Waals surface area (Å²) in [6.07, 6.45) is 4.50. The van der Waals surface area contributed by atoms with Crippen LogP contribution in [0.3, 0.4) is 0 Å². The van der Waals surface area contributed by atoms with Gasteiger partial charge in [0.05, 0.1) is 0 Å². The zero-order valence-corrected chi connectivity index (χ0v) is 13.7. The SMILES string of the molecule is CC(C)C(C)C(C)C12CC(C)C(C1)C(C)CC2C. The van der Waals surface area contributed by atoms with Crippen molar-refractivity contribution in [2.45, 2.75) is 67.7 Å². The highest BCUT2D eigenvalue weighted by Crippen LogP contribution is 2.63. The number of hydrogen-bond donors (Lipinski definition) is 0. The Bertz CT molecular complexity index is 292. The lowest BCUT2D eigenvalue weighted by Crippen LogP contribution is -2.41. The predicted molar refractivity (Wildman–Crippen MR) is 80.4 cm³/mol. The molecular formula is C18H34. The molecule has 0 N–H and O–H groups in total. The summed E-state index contributed by atoms with van der Waals surface area (Å²) >= 11 is 0. The summed E-state index contributed by atoms with van der Waals surface area (Å²) in [5.74, 6) is 6.47. The fourth-order valence-corrected chi connectivity index (χ4v) is 5.53. The van der Waals surface area contributed by atoms with Gasteiger partial charge in [0.25, 0.3) is 0 Å². The highest BCUT2D eigenvalue weighted by Gasteiger charge is 2.55. The van der Waals surface area contributed by atoms with E-state index in [9.17, 15) is 0 Å². The Kier molecular flexibility index (Phi) is 3.87. The Balaban J connectivity index is 2.25. The van der Waals surface area contributed by atoms with E-state index in [1.54, 1.807) is 0 Å². The zero-order valence-electron chi connectivity index (χ0n) is 13.7. The van der Waals surface area contributed by atoms with Gasteiger partial charge in [-0.25, -0.2) is 0 Å². The molecule has 0 spiro atoms. The highest BCUT2D eigenvalue weighted by molar-refractivity contribution is 5.04. The summed E-state index contributed by atoms with van der Waals surface area (Å²) in [5, 5.41) is 0. The van der Waals surface area contributed by atoms with Gasteiger partial charge < -0.3 is 0 Å². The second kappa shape index (κ2) is 4.84. The van der Waals surface area contributed by atoms with E-state index < -0.39 is 0 Å². The van der Waals surface area contributed by atoms with E-state index in [1.807, 2.05) is 0 Å². The maximum atomic E-state index is 2.56. The summed E-state index contributed by atoms with van der Waals surface area (Å²) in [5.41, 5.74) is 0.667. The van der Waals surface area contributed by atoms with Crippen LogP contribution in [0.4, 0.5) is 0 Å². The summed E-state index contributed by atoms with van der Waals surface area (Å²) in [7, 11) is 0. The number of hydrogen-bond acceptors (Lipinski definition) is 0. The molecular weight excluding hydrogens is 216 g/mol. The van der Waals surface area contributed by atoms with Crippen LogP contribution in [0.1, 0.15) is 67.7 Å². The molecule has 2 aliphatic rings. The van der Waals surface area contributed by atoms with Crippen LogP contribution >= 0.6 is 0 Å². The Morgan fingerprint density at radius 3 is 2.06 bits per heavy atom. The standard InChI is InChI=1S/C18H34/c1-11(2)15(6)16(7)18-9-13(4)17(10-18)12(3)8-14(18)5/h11-17H,8-10H2,1-7H3. The molecule has 0 saturated heterocycles. The van der Waals surface area contributed by atoms with Gasteiger partial charge >= 0.3 is 0 Å². The van der Waals surface area contributed by atoms with Gasteiger partial charge in [0.1, 0.15) is 0 Å². The Labute approximate surface area is 115 Å². The van der Waals surface area contributed by atoms with E-state index in [4.69, 9.17) is 0 Å². The summed E-state index contributed by atoms with van der Waals surface area (Å²) in [4.78, 5) is 0. The second-order valence-electron chi connectivity index (χ2n) is 8.29. The second-order valence-corrected chi connectivity index (χ2v) is 8.29. The van der Waals surface area contributed by atoms with Crippen molar-refractivity contribution in [1.29, 1.82) is 0 Å². The molecule has 2 rings (SSSR count). The molecule has 0 radical (unpaired) electrons. The van der Waals surface area contributed by atoms with Crippen molar-refractivity contribution < 1.29 is 0 Å². The van der Waals surface area contributed by atoms with Gasteiger partial charge in [-0.2, -0.15) is 0 Å². The maximum Gasteiger partial charge on any atom is -0.0238 e. The van der Waals surface area contributed by atoms with Gasteiger partial charge in [-0.05, 0) is 66.1 Å². The molecule has 0 aliphatic heterocycles. The van der Waals surface area contributed by atoms with Crippen LogP contribution in [0, 0.1) is 46.8 Å². The first-order chi connectivity index (χ1) is 8.29. The number of rotatable bonds is 3. The molecule has 0 nitrogen and oxygen atoms in total. The molecule has 0 heteroatoms. The quantitative estimate of drug-likeness (QED) is 0.609. The molecule has 2 aliphatic carbocycles. The summed E-state index contributed by atoms with van der Waals surface area (Å²) < 4.78 is 0. The molecule has 2 saturated carbocycles. The Hall–Kier alpha value is 0. The molecule has 0 aromatic rings. The maximum absolute atomic E-state index is 2.56. The molecule has 0 aromatic carbocycles. The van der Waals surface area contributed by atoms with Crippen molar-refractivity contribution in [2.75, 3.05) is 0 Å². The van der Waals surface area contributed by atoms with Gasteiger partial charge in [-0.1, -0.05) is 48.5 Å². The van der Waals surface area contributed by atoms with E-state index in [-0.39, 0.29) is 0 Å². The lowest BCUT2D eigenvalue weighted by Gasteiger charge is -2.49. The summed E-state index contributed by atoms with van der Waals surface area (Å²) in [6.45, 7) is 17.4. The van der Waals surface area contributed by atoms with Crippen LogP contribution in [-0.4, -0.2) is 0 Å². The fraction of sp³-hybridized carbons (Fsp3) is 1.00. The third kappa shape index (κ3) is 2.04. The van der Waals surface area contributed by atoms with Gasteiger partial charge in [0.2, 0.25) is 0 Å². The molecule has 106 valence electrons. The van der Waals surface area contributed by atoms with E-state index >= 15 is 0 Å². The first kappa shape index (κ1) is 14.4. The molecule has 0 aromatic heterocycles. The topological polar surface area (TPSA) is 0 Å². The minimum absolute atomic E-state index is 0.667. The third-order valence-electron chi connectivity index (χ3n) is 7.23. The highest BCUT2D eigenvalue weighted by atomic mass is 14.6. The molecule has 2 fully saturated rings. The lowest BCUT2D eigenvalue weighted by atomic mass is 9.56. The Morgan fingerprint density at radius 2 is 1.50 bits per heavy atom. The van der Waals surface area contributed by atoms with Gasteiger partial charge in [0.15, 0.2) is 0 Å². The monoisotopic (exact) mass is 250 g/mol. The smallest absolute Gasteiger partial charge is 0.0238 e. The van der Waals surface area contributed by atoms with Crippen LogP contribution < -0.4 is 0 Å². The molecule has 0 amide bonds. The van der Waals surface area contributed by atoms with Crippen LogP contribution in [0.25, 0.3) is 0 Å². The van der Waals surface area contributed by atoms with Crippen molar-refractivity contribution in [3.63, 3.8) is 0 Å². The van der Waals surface area contributed by atoms with Crippen molar-refractivity contribution in [3.8, 4) is 0 Å². The predicted octanol–water partition coefficient (Wildman–Crippen LogP) is 5.62. The first-order valence-electron chi connectivity index (χ1n) is 8.29. The van der Waals surface area contributed by atoms with E-state index in [1.165, 1.54) is 19.3 Å². The van der Waals surface area contributed by atoms with Crippen LogP contribution in [0.15, 0.2) is 0 Å². The molecule has 18 heavy (non-hydrogen) atoms. The molecule has 0 heterocycles. The van der Waals surface area contributed by atoms with Crippen molar-refractivity contribution in [1.82, 2.24) is 0 Å². The van der Waals surface area contributed by atoms with Crippen molar-refractivity contribution >= 4 is 0 Å². The first-order valence-corrected chi connectivity index (χ1v) is 8.29. The largest absolute Gasteiger partial charge is 0.0625 e. The minimum atomic E-state index is 0.667. The van der Waals surface area contributed by atoms with Crippen molar-refractivity contribution in [2.24, 2.45) is 46.8 Å². The molecule has 2 bridgehead atoms. The zero-order chi connectivity index (χ0) is 13.7. The van der Waals surface area contributed by atoms with E-state index in [0.717, 1.165) is 41.4 Å². The lowest BCUT2D eigenvalue weighted by molar-refractivity contribution is 0.00287. The Morgan fingerprint density at radius 1 is 0.889 bits per heavy atom.